The Morgan fingerprint density at radius 2 is 2.00 bits per heavy atom. The highest BCUT2D eigenvalue weighted by atomic mass is 14.9. The number of hydrogen-bond donors (Lipinski definition) is 0. The highest BCUT2D eigenvalue weighted by molar-refractivity contribution is 5.81. The lowest BCUT2D eigenvalue weighted by Gasteiger charge is -2.18. The Morgan fingerprint density at radius 3 is 2.67 bits per heavy atom. The number of fused-ring (bicyclic) bond motifs is 1. The van der Waals surface area contributed by atoms with Gasteiger partial charge in [-0.05, 0) is 36.9 Å². The maximum Gasteiger partial charge on any atom is 0.0504 e. The standard InChI is InChI=1S/C14H15N/c1-5-14(2,3)12-7-6-11-8-9-15(4)13(11)10-12/h1,6-10H,2-4H3. The summed E-state index contributed by atoms with van der Waals surface area (Å²) in [5.41, 5.74) is 2.23. The van der Waals surface area contributed by atoms with Crippen LogP contribution in [0.1, 0.15) is 19.4 Å². The van der Waals surface area contributed by atoms with E-state index in [-0.39, 0.29) is 5.41 Å². The van der Waals surface area contributed by atoms with Crippen LogP contribution >= 0.6 is 0 Å². The van der Waals surface area contributed by atoms with Crippen LogP contribution in [0.2, 0.25) is 0 Å². The summed E-state index contributed by atoms with van der Waals surface area (Å²) in [5, 5.41) is 1.26. The molecule has 0 radical (unpaired) electrons. The normalized spacial score (nSPS) is 11.6. The molecule has 0 N–H and O–H groups in total. The number of nitrogens with zero attached hydrogens (tertiary/aromatic N) is 1. The summed E-state index contributed by atoms with van der Waals surface area (Å²) < 4.78 is 2.12. The topological polar surface area (TPSA) is 4.93 Å². The average molecular weight is 197 g/mol. The van der Waals surface area contributed by atoms with Gasteiger partial charge in [-0.1, -0.05) is 18.1 Å². The molecular weight excluding hydrogens is 182 g/mol. The first-order chi connectivity index (χ1) is 7.04. The molecule has 0 aliphatic rings. The molecule has 1 nitrogen and oxygen atoms in total. The van der Waals surface area contributed by atoms with Crippen LogP contribution in [0.4, 0.5) is 0 Å². The van der Waals surface area contributed by atoms with Gasteiger partial charge in [-0.2, -0.15) is 0 Å². The van der Waals surface area contributed by atoms with E-state index in [2.05, 4.69) is 61.8 Å². The van der Waals surface area contributed by atoms with Crippen LogP contribution in [0.5, 0.6) is 0 Å². The Hall–Kier alpha value is -1.68. The quantitative estimate of drug-likeness (QED) is 0.619. The van der Waals surface area contributed by atoms with Gasteiger partial charge in [0, 0.05) is 18.8 Å². The fourth-order valence-electron chi connectivity index (χ4n) is 1.73. The second-order valence-corrected chi connectivity index (χ2v) is 4.47. The summed E-state index contributed by atoms with van der Waals surface area (Å²) in [4.78, 5) is 0. The molecule has 0 saturated carbocycles. The zero-order valence-electron chi connectivity index (χ0n) is 9.41. The van der Waals surface area contributed by atoms with Crippen LogP contribution in [-0.2, 0) is 12.5 Å². The molecule has 0 unspecified atom stereocenters. The summed E-state index contributed by atoms with van der Waals surface area (Å²) in [7, 11) is 2.05. The highest BCUT2D eigenvalue weighted by Gasteiger charge is 2.17. The van der Waals surface area contributed by atoms with Crippen molar-refractivity contribution in [2.75, 3.05) is 0 Å². The Labute approximate surface area is 90.7 Å². The molecule has 0 bridgehead atoms. The molecule has 1 heteroatoms. The van der Waals surface area contributed by atoms with Crippen LogP contribution in [-0.4, -0.2) is 4.57 Å². The molecule has 0 amide bonds. The molecule has 15 heavy (non-hydrogen) atoms. The van der Waals surface area contributed by atoms with E-state index >= 15 is 0 Å². The summed E-state index contributed by atoms with van der Waals surface area (Å²) >= 11 is 0. The Morgan fingerprint density at radius 1 is 1.27 bits per heavy atom. The van der Waals surface area contributed by atoms with Gasteiger partial charge in [0.15, 0.2) is 0 Å². The summed E-state index contributed by atoms with van der Waals surface area (Å²) in [6.07, 6.45) is 7.61. The third-order valence-corrected chi connectivity index (χ3v) is 2.97. The van der Waals surface area contributed by atoms with Crippen LogP contribution in [0.3, 0.4) is 0 Å². The van der Waals surface area contributed by atoms with Gasteiger partial charge in [-0.3, -0.25) is 0 Å². The van der Waals surface area contributed by atoms with Crippen molar-refractivity contribution in [3.05, 3.63) is 36.0 Å². The Kier molecular flexibility index (Phi) is 2.08. The molecule has 0 fully saturated rings. The number of benzene rings is 1. The molecular formula is C14H15N. The van der Waals surface area contributed by atoms with Gasteiger partial charge in [0.25, 0.3) is 0 Å². The molecule has 0 aliphatic heterocycles. The van der Waals surface area contributed by atoms with Crippen LogP contribution in [0.15, 0.2) is 30.5 Å². The Bertz CT molecular complexity index is 538. The van der Waals surface area contributed by atoms with E-state index in [0.29, 0.717) is 0 Å². The zero-order chi connectivity index (χ0) is 11.1. The first-order valence-electron chi connectivity index (χ1n) is 5.08. The third-order valence-electron chi connectivity index (χ3n) is 2.97. The lowest BCUT2D eigenvalue weighted by Crippen LogP contribution is -2.13. The molecule has 1 heterocycles. The van der Waals surface area contributed by atoms with E-state index in [0.717, 1.165) is 0 Å². The van der Waals surface area contributed by atoms with Gasteiger partial charge in [-0.25, -0.2) is 0 Å². The van der Waals surface area contributed by atoms with Gasteiger partial charge < -0.3 is 4.57 Å². The van der Waals surface area contributed by atoms with Crippen LogP contribution in [0, 0.1) is 12.3 Å². The molecule has 2 rings (SSSR count). The van der Waals surface area contributed by atoms with Gasteiger partial charge in [0.05, 0.1) is 5.41 Å². The van der Waals surface area contributed by atoms with Crippen molar-refractivity contribution >= 4 is 10.9 Å². The van der Waals surface area contributed by atoms with E-state index in [1.54, 1.807) is 0 Å². The smallest absolute Gasteiger partial charge is 0.0504 e. The molecule has 0 aliphatic carbocycles. The molecule has 1 aromatic heterocycles. The number of aryl methyl sites for hydroxylation is 1. The molecule has 0 spiro atoms. The Balaban J connectivity index is 2.66. The van der Waals surface area contributed by atoms with Crippen molar-refractivity contribution in [3.63, 3.8) is 0 Å². The molecule has 1 aromatic carbocycles. The largest absolute Gasteiger partial charge is 0.351 e. The van der Waals surface area contributed by atoms with E-state index in [1.807, 2.05) is 0 Å². The number of terminal acetylenes is 1. The highest BCUT2D eigenvalue weighted by Crippen LogP contribution is 2.26. The van der Waals surface area contributed by atoms with Crippen molar-refractivity contribution < 1.29 is 0 Å². The van der Waals surface area contributed by atoms with Crippen molar-refractivity contribution in [1.29, 1.82) is 0 Å². The molecule has 2 aromatic rings. The second kappa shape index (κ2) is 3.17. The predicted octanol–water partition coefficient (Wildman–Crippen LogP) is 3.09. The van der Waals surface area contributed by atoms with Gasteiger partial charge in [-0.15, -0.1) is 6.42 Å². The zero-order valence-corrected chi connectivity index (χ0v) is 9.41. The maximum absolute atomic E-state index is 5.54. The minimum atomic E-state index is -0.196. The monoisotopic (exact) mass is 197 g/mol. The molecule has 0 atom stereocenters. The van der Waals surface area contributed by atoms with E-state index in [1.165, 1.54) is 16.5 Å². The summed E-state index contributed by atoms with van der Waals surface area (Å²) in [6, 6.07) is 8.53. The second-order valence-electron chi connectivity index (χ2n) is 4.47. The van der Waals surface area contributed by atoms with Crippen LogP contribution in [0.25, 0.3) is 10.9 Å². The van der Waals surface area contributed by atoms with Crippen molar-refractivity contribution in [3.8, 4) is 12.3 Å². The van der Waals surface area contributed by atoms with Crippen molar-refractivity contribution in [1.82, 2.24) is 4.57 Å². The van der Waals surface area contributed by atoms with Gasteiger partial charge in [0.1, 0.15) is 0 Å². The molecule has 0 saturated heterocycles. The number of hydrogen-bond acceptors (Lipinski definition) is 0. The van der Waals surface area contributed by atoms with Gasteiger partial charge in [0.2, 0.25) is 0 Å². The minimum Gasteiger partial charge on any atom is -0.351 e. The van der Waals surface area contributed by atoms with Crippen LogP contribution < -0.4 is 0 Å². The predicted molar refractivity (Wildman–Crippen MR) is 64.8 cm³/mol. The fourth-order valence-corrected chi connectivity index (χ4v) is 1.73. The maximum atomic E-state index is 5.54. The fraction of sp³-hybridized carbons (Fsp3) is 0.286. The van der Waals surface area contributed by atoms with E-state index < -0.39 is 0 Å². The van der Waals surface area contributed by atoms with E-state index in [4.69, 9.17) is 6.42 Å². The van der Waals surface area contributed by atoms with Gasteiger partial charge >= 0.3 is 0 Å². The first kappa shape index (κ1) is 9.86. The SMILES string of the molecule is C#CC(C)(C)c1ccc2ccn(C)c2c1. The number of aromatic nitrogens is 1. The first-order valence-corrected chi connectivity index (χ1v) is 5.08. The number of rotatable bonds is 1. The molecule has 76 valence electrons. The summed E-state index contributed by atoms with van der Waals surface area (Å²) in [5.74, 6) is 2.82. The third kappa shape index (κ3) is 1.53. The minimum absolute atomic E-state index is 0.196. The van der Waals surface area contributed by atoms with Crippen molar-refractivity contribution in [2.24, 2.45) is 7.05 Å². The van der Waals surface area contributed by atoms with E-state index in [9.17, 15) is 0 Å². The lowest BCUT2D eigenvalue weighted by atomic mass is 9.85. The van der Waals surface area contributed by atoms with Crippen molar-refractivity contribution in [2.45, 2.75) is 19.3 Å². The lowest BCUT2D eigenvalue weighted by molar-refractivity contribution is 0.700. The average Bonchev–Trinajstić information content (AvgIpc) is 2.60. The summed E-state index contributed by atoms with van der Waals surface area (Å²) in [6.45, 7) is 4.13.